The van der Waals surface area contributed by atoms with Crippen molar-refractivity contribution in [2.24, 2.45) is 0 Å². The summed E-state index contributed by atoms with van der Waals surface area (Å²) in [6, 6.07) is 13.6. The molecule has 0 radical (unpaired) electrons. The zero-order valence-electron chi connectivity index (χ0n) is 13.7. The van der Waals surface area contributed by atoms with Gasteiger partial charge in [-0.15, -0.1) is 10.2 Å². The molecule has 0 atom stereocenters. The first kappa shape index (κ1) is 17.7. The summed E-state index contributed by atoms with van der Waals surface area (Å²) in [5, 5.41) is 11.3. The molecule has 7 heteroatoms. The van der Waals surface area contributed by atoms with Crippen molar-refractivity contribution in [3.63, 3.8) is 0 Å². The molecule has 0 aliphatic heterocycles. The monoisotopic (exact) mass is 417 g/mol. The maximum Gasteiger partial charge on any atom is 0.277 e. The van der Waals surface area contributed by atoms with Crippen molar-refractivity contribution in [2.75, 3.05) is 11.1 Å². The van der Waals surface area contributed by atoms with E-state index in [1.54, 1.807) is 0 Å². The molecule has 3 rings (SSSR count). The lowest BCUT2D eigenvalue weighted by Gasteiger charge is -2.08. The van der Waals surface area contributed by atoms with E-state index in [1.807, 2.05) is 56.3 Å². The van der Waals surface area contributed by atoms with E-state index < -0.39 is 0 Å². The zero-order valence-corrected chi connectivity index (χ0v) is 16.1. The maximum atomic E-state index is 12.1. The van der Waals surface area contributed by atoms with Crippen LogP contribution in [0.5, 0.6) is 0 Å². The maximum absolute atomic E-state index is 12.1. The highest BCUT2D eigenvalue weighted by molar-refractivity contribution is 9.10. The molecule has 1 heterocycles. The quantitative estimate of drug-likeness (QED) is 0.601. The highest BCUT2D eigenvalue weighted by Crippen LogP contribution is 2.25. The van der Waals surface area contributed by atoms with Crippen LogP contribution in [-0.4, -0.2) is 21.9 Å². The number of aromatic nitrogens is 2. The number of thioether (sulfide) groups is 1. The lowest BCUT2D eigenvalue weighted by molar-refractivity contribution is -0.113. The Morgan fingerprint density at radius 1 is 1.20 bits per heavy atom. The van der Waals surface area contributed by atoms with Crippen LogP contribution in [0.15, 0.2) is 56.6 Å². The summed E-state index contributed by atoms with van der Waals surface area (Å²) >= 11 is 4.62. The molecule has 1 aromatic heterocycles. The van der Waals surface area contributed by atoms with Crippen LogP contribution in [0.2, 0.25) is 0 Å². The van der Waals surface area contributed by atoms with E-state index in [0.29, 0.717) is 11.1 Å². The predicted octanol–water partition coefficient (Wildman–Crippen LogP) is 4.85. The number of carbonyl (C=O) groups is 1. The van der Waals surface area contributed by atoms with E-state index in [0.717, 1.165) is 26.9 Å². The minimum Gasteiger partial charge on any atom is -0.411 e. The van der Waals surface area contributed by atoms with Gasteiger partial charge in [-0.2, -0.15) is 0 Å². The number of nitrogens with one attached hydrogen (secondary N) is 1. The minimum atomic E-state index is -0.110. The Kier molecular flexibility index (Phi) is 5.55. The molecule has 1 N–H and O–H groups in total. The van der Waals surface area contributed by atoms with E-state index in [2.05, 4.69) is 31.4 Å². The Bertz CT molecular complexity index is 911. The van der Waals surface area contributed by atoms with Crippen LogP contribution < -0.4 is 5.32 Å². The van der Waals surface area contributed by atoms with Crippen LogP contribution in [-0.2, 0) is 4.79 Å². The van der Waals surface area contributed by atoms with Crippen LogP contribution in [0.3, 0.4) is 0 Å². The Balaban J connectivity index is 1.60. The second-order valence-corrected chi connectivity index (χ2v) is 7.38. The summed E-state index contributed by atoms with van der Waals surface area (Å²) in [6.07, 6.45) is 0. The van der Waals surface area contributed by atoms with Gasteiger partial charge in [0.05, 0.1) is 5.75 Å². The van der Waals surface area contributed by atoms with Gasteiger partial charge in [0, 0.05) is 15.7 Å². The molecular formula is C18H16BrN3O2S. The van der Waals surface area contributed by atoms with E-state index in [-0.39, 0.29) is 11.7 Å². The van der Waals surface area contributed by atoms with Crippen molar-refractivity contribution in [1.82, 2.24) is 10.2 Å². The minimum absolute atomic E-state index is 0.110. The molecule has 0 fully saturated rings. The third-order valence-electron chi connectivity index (χ3n) is 3.47. The number of amides is 1. The number of rotatable bonds is 5. The lowest BCUT2D eigenvalue weighted by atomic mass is 10.1. The van der Waals surface area contributed by atoms with Crippen molar-refractivity contribution in [3.8, 4) is 11.5 Å². The summed E-state index contributed by atoms with van der Waals surface area (Å²) in [5.41, 5.74) is 3.78. The van der Waals surface area contributed by atoms with Gasteiger partial charge in [-0.1, -0.05) is 45.9 Å². The summed E-state index contributed by atoms with van der Waals surface area (Å²) in [4.78, 5) is 12.1. The third kappa shape index (κ3) is 4.70. The fourth-order valence-corrected chi connectivity index (χ4v) is 3.15. The predicted molar refractivity (Wildman–Crippen MR) is 103 cm³/mol. The summed E-state index contributed by atoms with van der Waals surface area (Å²) in [5.74, 6) is 0.521. The van der Waals surface area contributed by atoms with Crippen molar-refractivity contribution in [3.05, 3.63) is 58.1 Å². The van der Waals surface area contributed by atoms with Gasteiger partial charge in [-0.3, -0.25) is 4.79 Å². The fraction of sp³-hybridized carbons (Fsp3) is 0.167. The smallest absolute Gasteiger partial charge is 0.277 e. The van der Waals surface area contributed by atoms with Gasteiger partial charge in [-0.05, 0) is 49.2 Å². The molecule has 0 saturated carbocycles. The van der Waals surface area contributed by atoms with Gasteiger partial charge < -0.3 is 9.73 Å². The molecule has 0 unspecified atom stereocenters. The number of halogens is 1. The number of hydrogen-bond donors (Lipinski definition) is 1. The first-order valence-corrected chi connectivity index (χ1v) is 9.38. The van der Waals surface area contributed by atoms with E-state index in [9.17, 15) is 4.79 Å². The first-order chi connectivity index (χ1) is 12.0. The van der Waals surface area contributed by atoms with Gasteiger partial charge in [0.25, 0.3) is 5.22 Å². The average molecular weight is 418 g/mol. The molecule has 0 aliphatic carbocycles. The summed E-state index contributed by atoms with van der Waals surface area (Å²) in [7, 11) is 0. The van der Waals surface area contributed by atoms with Crippen molar-refractivity contribution >= 4 is 39.3 Å². The topological polar surface area (TPSA) is 68.0 Å². The van der Waals surface area contributed by atoms with Crippen molar-refractivity contribution < 1.29 is 9.21 Å². The molecule has 0 spiro atoms. The van der Waals surface area contributed by atoms with Crippen LogP contribution >= 0.6 is 27.7 Å². The zero-order chi connectivity index (χ0) is 17.8. The van der Waals surface area contributed by atoms with Gasteiger partial charge in [0.2, 0.25) is 11.8 Å². The Hall–Kier alpha value is -2.12. The SMILES string of the molecule is Cc1ccc(C)c(NC(=O)CSc2nnc(-c3cccc(Br)c3)o2)c1. The van der Waals surface area contributed by atoms with Crippen molar-refractivity contribution in [1.29, 1.82) is 0 Å². The normalized spacial score (nSPS) is 10.7. The molecule has 3 aromatic rings. The van der Waals surface area contributed by atoms with Crippen LogP contribution in [0.1, 0.15) is 11.1 Å². The highest BCUT2D eigenvalue weighted by atomic mass is 79.9. The molecular weight excluding hydrogens is 402 g/mol. The molecule has 128 valence electrons. The number of hydrogen-bond acceptors (Lipinski definition) is 5. The van der Waals surface area contributed by atoms with Gasteiger partial charge in [-0.25, -0.2) is 0 Å². The standard InChI is InChI=1S/C18H16BrN3O2S/c1-11-6-7-12(2)15(8-11)20-16(23)10-25-18-22-21-17(24-18)13-4-3-5-14(19)9-13/h3-9H,10H2,1-2H3,(H,20,23). The number of anilines is 1. The van der Waals surface area contributed by atoms with Crippen LogP contribution in [0, 0.1) is 13.8 Å². The molecule has 5 nitrogen and oxygen atoms in total. The molecule has 25 heavy (non-hydrogen) atoms. The average Bonchev–Trinajstić information content (AvgIpc) is 3.05. The molecule has 1 amide bonds. The molecule has 0 aliphatic rings. The third-order valence-corrected chi connectivity index (χ3v) is 4.78. The van der Waals surface area contributed by atoms with Crippen LogP contribution in [0.25, 0.3) is 11.5 Å². The second kappa shape index (κ2) is 7.84. The first-order valence-electron chi connectivity index (χ1n) is 7.60. The van der Waals surface area contributed by atoms with E-state index in [1.165, 1.54) is 11.8 Å². The molecule has 0 saturated heterocycles. The Labute approximate surface area is 158 Å². The van der Waals surface area contributed by atoms with E-state index >= 15 is 0 Å². The fourth-order valence-electron chi connectivity index (χ4n) is 2.19. The number of aryl methyl sites for hydroxylation is 2. The van der Waals surface area contributed by atoms with Gasteiger partial charge in [0.1, 0.15) is 0 Å². The highest BCUT2D eigenvalue weighted by Gasteiger charge is 2.12. The van der Waals surface area contributed by atoms with Crippen molar-refractivity contribution in [2.45, 2.75) is 19.1 Å². The van der Waals surface area contributed by atoms with E-state index in [4.69, 9.17) is 4.42 Å². The molecule has 0 bridgehead atoms. The Morgan fingerprint density at radius 2 is 2.04 bits per heavy atom. The molecule has 2 aromatic carbocycles. The summed E-state index contributed by atoms with van der Waals surface area (Å²) < 4.78 is 6.54. The lowest BCUT2D eigenvalue weighted by Crippen LogP contribution is -2.14. The number of benzene rings is 2. The van der Waals surface area contributed by atoms with Gasteiger partial charge >= 0.3 is 0 Å². The number of carbonyl (C=O) groups excluding carboxylic acids is 1. The largest absolute Gasteiger partial charge is 0.411 e. The summed E-state index contributed by atoms with van der Waals surface area (Å²) in [6.45, 7) is 3.95. The van der Waals surface area contributed by atoms with Crippen LogP contribution in [0.4, 0.5) is 5.69 Å². The number of nitrogens with zero attached hydrogens (tertiary/aromatic N) is 2. The van der Waals surface area contributed by atoms with Gasteiger partial charge in [0.15, 0.2) is 0 Å². The second-order valence-electron chi connectivity index (χ2n) is 5.54. The Morgan fingerprint density at radius 3 is 2.84 bits per heavy atom.